The first-order chi connectivity index (χ1) is 7.01. The molecule has 3 N–H and O–H groups in total. The highest BCUT2D eigenvalue weighted by atomic mass is 35.5. The third kappa shape index (κ3) is 2.54. The first kappa shape index (κ1) is 13.0. The number of hydrogen-bond donors (Lipinski definition) is 2. The Labute approximate surface area is 102 Å². The number of anilines is 1. The molecule has 1 aliphatic carbocycles. The van der Waals surface area contributed by atoms with E-state index in [-0.39, 0.29) is 18.3 Å². The Morgan fingerprint density at radius 2 is 2.00 bits per heavy atom. The third-order valence-electron chi connectivity index (χ3n) is 2.87. The maximum Gasteiger partial charge on any atom is 0.244 e. The number of halogens is 1. The van der Waals surface area contributed by atoms with E-state index in [1.807, 2.05) is 32.0 Å². The van der Waals surface area contributed by atoms with E-state index in [4.69, 9.17) is 5.73 Å². The van der Waals surface area contributed by atoms with Gasteiger partial charge in [0.05, 0.1) is 5.54 Å². The fourth-order valence-electron chi connectivity index (χ4n) is 1.56. The van der Waals surface area contributed by atoms with Gasteiger partial charge < -0.3 is 11.1 Å². The SMILES string of the molecule is Cc1ccc(NC(=O)C2(N)CC2)c(C)c1.Cl. The standard InChI is InChI=1S/C12H16N2O.ClH/c1-8-3-4-10(9(2)7-8)14-11(15)12(13)5-6-12;/h3-4,7H,5-6,13H2,1-2H3,(H,14,15);1H. The molecule has 0 atom stereocenters. The lowest BCUT2D eigenvalue weighted by atomic mass is 10.1. The molecular weight excluding hydrogens is 224 g/mol. The van der Waals surface area contributed by atoms with Crippen LogP contribution in [0.5, 0.6) is 0 Å². The minimum Gasteiger partial charge on any atom is -0.324 e. The summed E-state index contributed by atoms with van der Waals surface area (Å²) in [4.78, 5) is 11.7. The molecule has 3 nitrogen and oxygen atoms in total. The van der Waals surface area contributed by atoms with Gasteiger partial charge in [0.2, 0.25) is 5.91 Å². The van der Waals surface area contributed by atoms with Crippen molar-refractivity contribution in [2.45, 2.75) is 32.2 Å². The zero-order valence-corrected chi connectivity index (χ0v) is 10.4. The Balaban J connectivity index is 0.00000128. The number of amides is 1. The summed E-state index contributed by atoms with van der Waals surface area (Å²) in [6.45, 7) is 4.02. The van der Waals surface area contributed by atoms with Crippen molar-refractivity contribution >= 4 is 24.0 Å². The van der Waals surface area contributed by atoms with Crippen LogP contribution < -0.4 is 11.1 Å². The second-order valence-electron chi connectivity index (χ2n) is 4.43. The summed E-state index contributed by atoms with van der Waals surface area (Å²) in [7, 11) is 0. The summed E-state index contributed by atoms with van der Waals surface area (Å²) in [5.41, 5.74) is 8.34. The first-order valence-corrected chi connectivity index (χ1v) is 5.19. The maximum atomic E-state index is 11.7. The summed E-state index contributed by atoms with van der Waals surface area (Å²) in [6, 6.07) is 5.96. The zero-order valence-electron chi connectivity index (χ0n) is 9.54. The van der Waals surface area contributed by atoms with E-state index in [1.54, 1.807) is 0 Å². The Bertz CT molecular complexity index is 413. The molecule has 0 aromatic heterocycles. The Kier molecular flexibility index (Phi) is 3.61. The van der Waals surface area contributed by atoms with Crippen LogP contribution in [0.25, 0.3) is 0 Å². The van der Waals surface area contributed by atoms with E-state index in [0.29, 0.717) is 0 Å². The van der Waals surface area contributed by atoms with E-state index >= 15 is 0 Å². The molecule has 1 aromatic rings. The zero-order chi connectivity index (χ0) is 11.1. The quantitative estimate of drug-likeness (QED) is 0.832. The van der Waals surface area contributed by atoms with Crippen LogP contribution in [0, 0.1) is 13.8 Å². The highest BCUT2D eigenvalue weighted by Gasteiger charge is 2.45. The highest BCUT2D eigenvalue weighted by molar-refractivity contribution is 6.00. The van der Waals surface area contributed by atoms with Crippen molar-refractivity contribution < 1.29 is 4.79 Å². The van der Waals surface area contributed by atoms with Gasteiger partial charge in [0, 0.05) is 5.69 Å². The summed E-state index contributed by atoms with van der Waals surface area (Å²) in [6.07, 6.45) is 1.59. The lowest BCUT2D eigenvalue weighted by Crippen LogP contribution is -2.37. The third-order valence-corrected chi connectivity index (χ3v) is 2.87. The van der Waals surface area contributed by atoms with Gasteiger partial charge in [-0.15, -0.1) is 12.4 Å². The molecule has 0 unspecified atom stereocenters. The molecule has 1 saturated carbocycles. The molecule has 0 saturated heterocycles. The topological polar surface area (TPSA) is 55.1 Å². The molecule has 4 heteroatoms. The summed E-state index contributed by atoms with van der Waals surface area (Å²) in [5, 5.41) is 2.88. The van der Waals surface area contributed by atoms with Gasteiger partial charge in [0.25, 0.3) is 0 Å². The molecule has 0 bridgehead atoms. The number of carbonyl (C=O) groups is 1. The number of nitrogens with two attached hydrogens (primary N) is 1. The molecule has 16 heavy (non-hydrogen) atoms. The second kappa shape index (κ2) is 4.44. The largest absolute Gasteiger partial charge is 0.324 e. The Hall–Kier alpha value is -1.06. The molecule has 0 aliphatic heterocycles. The maximum absolute atomic E-state index is 11.7. The number of carbonyl (C=O) groups excluding carboxylic acids is 1. The summed E-state index contributed by atoms with van der Waals surface area (Å²) in [5.74, 6) is -0.0607. The normalized spacial score (nSPS) is 16.2. The highest BCUT2D eigenvalue weighted by Crippen LogP contribution is 2.33. The van der Waals surface area contributed by atoms with Crippen LogP contribution in [0.4, 0.5) is 5.69 Å². The predicted molar refractivity (Wildman–Crippen MR) is 67.9 cm³/mol. The molecular formula is C12H17ClN2O. The fraction of sp³-hybridized carbons (Fsp3) is 0.417. The monoisotopic (exact) mass is 240 g/mol. The van der Waals surface area contributed by atoms with Crippen molar-refractivity contribution in [3.05, 3.63) is 29.3 Å². The van der Waals surface area contributed by atoms with Crippen LogP contribution in [0.3, 0.4) is 0 Å². The fourth-order valence-corrected chi connectivity index (χ4v) is 1.56. The minimum absolute atomic E-state index is 0. The van der Waals surface area contributed by atoms with Gasteiger partial charge in [-0.2, -0.15) is 0 Å². The first-order valence-electron chi connectivity index (χ1n) is 5.19. The van der Waals surface area contributed by atoms with Gasteiger partial charge in [-0.05, 0) is 38.3 Å². The molecule has 1 fully saturated rings. The molecule has 1 aliphatic rings. The van der Waals surface area contributed by atoms with E-state index < -0.39 is 5.54 Å². The van der Waals surface area contributed by atoms with Crippen LogP contribution in [-0.4, -0.2) is 11.4 Å². The summed E-state index contributed by atoms with van der Waals surface area (Å²) >= 11 is 0. The van der Waals surface area contributed by atoms with E-state index in [0.717, 1.165) is 24.1 Å². The number of benzene rings is 1. The Morgan fingerprint density at radius 1 is 1.38 bits per heavy atom. The molecule has 88 valence electrons. The van der Waals surface area contributed by atoms with Crippen molar-refractivity contribution in [1.29, 1.82) is 0 Å². The number of hydrogen-bond acceptors (Lipinski definition) is 2. The predicted octanol–water partition coefficient (Wildman–Crippen LogP) is 2.16. The van der Waals surface area contributed by atoms with Crippen LogP contribution in [0.1, 0.15) is 24.0 Å². The number of rotatable bonds is 2. The molecule has 0 heterocycles. The van der Waals surface area contributed by atoms with Crippen molar-refractivity contribution in [3.63, 3.8) is 0 Å². The van der Waals surface area contributed by atoms with Crippen LogP contribution in [0.2, 0.25) is 0 Å². The average molecular weight is 241 g/mol. The lowest BCUT2D eigenvalue weighted by molar-refractivity contribution is -0.118. The molecule has 0 radical (unpaired) electrons. The van der Waals surface area contributed by atoms with Crippen molar-refractivity contribution in [1.82, 2.24) is 0 Å². The van der Waals surface area contributed by atoms with Crippen molar-refractivity contribution in [2.75, 3.05) is 5.32 Å². The molecule has 1 amide bonds. The van der Waals surface area contributed by atoms with Gasteiger partial charge in [-0.3, -0.25) is 4.79 Å². The Morgan fingerprint density at radius 3 is 2.50 bits per heavy atom. The van der Waals surface area contributed by atoms with E-state index in [1.165, 1.54) is 5.56 Å². The van der Waals surface area contributed by atoms with Crippen LogP contribution >= 0.6 is 12.4 Å². The minimum atomic E-state index is -0.600. The van der Waals surface area contributed by atoms with Gasteiger partial charge in [-0.25, -0.2) is 0 Å². The van der Waals surface area contributed by atoms with E-state index in [2.05, 4.69) is 5.32 Å². The summed E-state index contributed by atoms with van der Waals surface area (Å²) < 4.78 is 0. The van der Waals surface area contributed by atoms with Gasteiger partial charge in [-0.1, -0.05) is 17.7 Å². The van der Waals surface area contributed by atoms with E-state index in [9.17, 15) is 4.79 Å². The number of nitrogens with one attached hydrogen (secondary N) is 1. The average Bonchev–Trinajstić information content (AvgIpc) is 2.90. The van der Waals surface area contributed by atoms with Crippen molar-refractivity contribution in [3.8, 4) is 0 Å². The second-order valence-corrected chi connectivity index (χ2v) is 4.43. The molecule has 1 aromatic carbocycles. The van der Waals surface area contributed by atoms with Crippen LogP contribution in [0.15, 0.2) is 18.2 Å². The van der Waals surface area contributed by atoms with Gasteiger partial charge in [0.15, 0.2) is 0 Å². The van der Waals surface area contributed by atoms with Crippen LogP contribution in [-0.2, 0) is 4.79 Å². The van der Waals surface area contributed by atoms with Gasteiger partial charge >= 0.3 is 0 Å². The smallest absolute Gasteiger partial charge is 0.244 e. The lowest BCUT2D eigenvalue weighted by Gasteiger charge is -2.12. The number of aryl methyl sites for hydroxylation is 2. The van der Waals surface area contributed by atoms with Crippen molar-refractivity contribution in [2.24, 2.45) is 5.73 Å². The molecule has 0 spiro atoms. The van der Waals surface area contributed by atoms with Gasteiger partial charge in [0.1, 0.15) is 0 Å². The molecule has 2 rings (SSSR count).